The SMILES string of the molecule is CC1(C2CC2)NC(=O)CN(C2CCCc3sccc32)C1=O. The summed E-state index contributed by atoms with van der Waals surface area (Å²) in [7, 11) is 0. The highest BCUT2D eigenvalue weighted by molar-refractivity contribution is 7.10. The van der Waals surface area contributed by atoms with Gasteiger partial charge in [0, 0.05) is 4.88 Å². The molecule has 2 fully saturated rings. The predicted molar refractivity (Wildman–Crippen MR) is 81.0 cm³/mol. The molecule has 2 unspecified atom stereocenters. The van der Waals surface area contributed by atoms with Crippen LogP contribution < -0.4 is 5.32 Å². The molecule has 2 atom stereocenters. The third kappa shape index (κ3) is 2.01. The lowest BCUT2D eigenvalue weighted by Crippen LogP contribution is -2.66. The number of hydrogen-bond donors (Lipinski definition) is 1. The van der Waals surface area contributed by atoms with Gasteiger partial charge in [-0.1, -0.05) is 0 Å². The van der Waals surface area contributed by atoms with Gasteiger partial charge >= 0.3 is 0 Å². The predicted octanol–water partition coefficient (Wildman–Crippen LogP) is 2.25. The molecule has 0 bridgehead atoms. The third-order valence-electron chi connectivity index (χ3n) is 5.21. The van der Waals surface area contributed by atoms with Crippen LogP contribution in [-0.2, 0) is 16.0 Å². The van der Waals surface area contributed by atoms with E-state index in [2.05, 4.69) is 16.8 Å². The van der Waals surface area contributed by atoms with E-state index in [0.717, 1.165) is 32.1 Å². The Kier molecular flexibility index (Phi) is 2.89. The van der Waals surface area contributed by atoms with E-state index in [0.29, 0.717) is 5.92 Å². The van der Waals surface area contributed by atoms with E-state index in [1.165, 1.54) is 10.4 Å². The molecular weight excluding hydrogens is 284 g/mol. The molecule has 4 rings (SSSR count). The second kappa shape index (κ2) is 4.57. The van der Waals surface area contributed by atoms with Gasteiger partial charge in [0.05, 0.1) is 6.04 Å². The number of nitrogens with zero attached hydrogens (tertiary/aromatic N) is 1. The van der Waals surface area contributed by atoms with Crippen molar-refractivity contribution in [1.29, 1.82) is 0 Å². The molecular formula is C16H20N2O2S. The van der Waals surface area contributed by atoms with Gasteiger partial charge in [-0.3, -0.25) is 9.59 Å². The fourth-order valence-electron chi connectivity index (χ4n) is 3.88. The molecule has 21 heavy (non-hydrogen) atoms. The van der Waals surface area contributed by atoms with Gasteiger partial charge in [0.15, 0.2) is 0 Å². The van der Waals surface area contributed by atoms with Crippen LogP contribution in [0.4, 0.5) is 0 Å². The maximum absolute atomic E-state index is 13.0. The topological polar surface area (TPSA) is 49.4 Å². The van der Waals surface area contributed by atoms with Gasteiger partial charge < -0.3 is 10.2 Å². The van der Waals surface area contributed by atoms with Crippen molar-refractivity contribution < 1.29 is 9.59 Å². The number of piperazine rings is 1. The smallest absolute Gasteiger partial charge is 0.249 e. The minimum absolute atomic E-state index is 0.00801. The summed E-state index contributed by atoms with van der Waals surface area (Å²) in [6, 6.07) is 2.23. The van der Waals surface area contributed by atoms with Crippen molar-refractivity contribution >= 4 is 23.2 Å². The Morgan fingerprint density at radius 2 is 2.14 bits per heavy atom. The molecule has 2 heterocycles. The van der Waals surface area contributed by atoms with Crippen LogP contribution in [0.3, 0.4) is 0 Å². The van der Waals surface area contributed by atoms with E-state index in [4.69, 9.17) is 0 Å². The molecule has 1 saturated carbocycles. The number of hydrogen-bond acceptors (Lipinski definition) is 3. The van der Waals surface area contributed by atoms with Gasteiger partial charge in [-0.2, -0.15) is 0 Å². The summed E-state index contributed by atoms with van der Waals surface area (Å²) in [6.07, 6.45) is 5.28. The van der Waals surface area contributed by atoms with E-state index in [1.807, 2.05) is 11.8 Å². The monoisotopic (exact) mass is 304 g/mol. The average Bonchev–Trinajstić information content (AvgIpc) is 3.21. The molecule has 1 aromatic heterocycles. The van der Waals surface area contributed by atoms with Gasteiger partial charge in [-0.15, -0.1) is 11.3 Å². The Morgan fingerprint density at radius 1 is 1.33 bits per heavy atom. The summed E-state index contributed by atoms with van der Waals surface area (Å²) in [5.41, 5.74) is 0.593. The Bertz CT molecular complexity index is 607. The van der Waals surface area contributed by atoms with Gasteiger partial charge in [0.2, 0.25) is 11.8 Å². The van der Waals surface area contributed by atoms with E-state index >= 15 is 0 Å². The Morgan fingerprint density at radius 3 is 2.90 bits per heavy atom. The number of carbonyl (C=O) groups is 2. The first-order valence-corrected chi connectivity index (χ1v) is 8.66. The van der Waals surface area contributed by atoms with Crippen LogP contribution in [0.5, 0.6) is 0 Å². The summed E-state index contributed by atoms with van der Waals surface area (Å²) < 4.78 is 0. The highest BCUT2D eigenvalue weighted by Gasteiger charge is 2.53. The average molecular weight is 304 g/mol. The normalized spacial score (nSPS) is 32.8. The number of fused-ring (bicyclic) bond motifs is 1. The zero-order chi connectivity index (χ0) is 14.6. The van der Waals surface area contributed by atoms with Crippen molar-refractivity contribution in [2.24, 2.45) is 5.92 Å². The molecule has 3 aliphatic rings. The lowest BCUT2D eigenvalue weighted by Gasteiger charge is -2.44. The summed E-state index contributed by atoms with van der Waals surface area (Å²) >= 11 is 1.78. The van der Waals surface area contributed by atoms with Gasteiger partial charge in [-0.25, -0.2) is 0 Å². The lowest BCUT2D eigenvalue weighted by molar-refractivity contribution is -0.153. The molecule has 1 aromatic rings. The molecule has 2 aliphatic carbocycles. The number of carbonyl (C=O) groups excluding carboxylic acids is 2. The van der Waals surface area contributed by atoms with Crippen LogP contribution in [0, 0.1) is 5.92 Å². The summed E-state index contributed by atoms with van der Waals surface area (Å²) in [5.74, 6) is 0.433. The third-order valence-corrected chi connectivity index (χ3v) is 6.21. The van der Waals surface area contributed by atoms with Crippen LogP contribution >= 0.6 is 11.3 Å². The van der Waals surface area contributed by atoms with E-state index in [9.17, 15) is 9.59 Å². The molecule has 0 aromatic carbocycles. The maximum atomic E-state index is 13.0. The Hall–Kier alpha value is -1.36. The summed E-state index contributed by atoms with van der Waals surface area (Å²) in [5, 5.41) is 5.07. The zero-order valence-electron chi connectivity index (χ0n) is 12.2. The van der Waals surface area contributed by atoms with Crippen molar-refractivity contribution in [3.63, 3.8) is 0 Å². The second-order valence-corrected chi connectivity index (χ2v) is 7.67. The summed E-state index contributed by atoms with van der Waals surface area (Å²) in [6.45, 7) is 2.12. The minimum Gasteiger partial charge on any atom is -0.340 e. The Balaban J connectivity index is 1.69. The first-order chi connectivity index (χ1) is 10.1. The molecule has 112 valence electrons. The number of aryl methyl sites for hydroxylation is 1. The van der Waals surface area contributed by atoms with Gasteiger partial charge in [-0.05, 0) is 62.0 Å². The Labute approximate surface area is 128 Å². The van der Waals surface area contributed by atoms with Crippen molar-refractivity contribution in [3.05, 3.63) is 21.9 Å². The van der Waals surface area contributed by atoms with Crippen molar-refractivity contribution in [1.82, 2.24) is 10.2 Å². The molecule has 4 nitrogen and oxygen atoms in total. The fraction of sp³-hybridized carbons (Fsp3) is 0.625. The van der Waals surface area contributed by atoms with Gasteiger partial charge in [0.1, 0.15) is 12.1 Å². The molecule has 5 heteroatoms. The molecule has 1 aliphatic heterocycles. The number of nitrogens with one attached hydrogen (secondary N) is 1. The molecule has 1 saturated heterocycles. The van der Waals surface area contributed by atoms with Crippen molar-refractivity contribution in [2.45, 2.75) is 50.6 Å². The van der Waals surface area contributed by atoms with E-state index in [1.54, 1.807) is 11.3 Å². The first-order valence-electron chi connectivity index (χ1n) is 7.78. The quantitative estimate of drug-likeness (QED) is 0.911. The highest BCUT2D eigenvalue weighted by atomic mass is 32.1. The van der Waals surface area contributed by atoms with Crippen LogP contribution in [0.25, 0.3) is 0 Å². The molecule has 0 radical (unpaired) electrons. The van der Waals surface area contributed by atoms with Crippen molar-refractivity contribution in [3.8, 4) is 0 Å². The van der Waals surface area contributed by atoms with Crippen LogP contribution in [-0.4, -0.2) is 28.8 Å². The maximum Gasteiger partial charge on any atom is 0.249 e. The summed E-state index contributed by atoms with van der Waals surface area (Å²) in [4.78, 5) is 28.4. The van der Waals surface area contributed by atoms with Crippen LogP contribution in [0.2, 0.25) is 0 Å². The molecule has 2 amide bonds. The van der Waals surface area contributed by atoms with E-state index < -0.39 is 5.54 Å². The highest BCUT2D eigenvalue weighted by Crippen LogP contribution is 2.44. The van der Waals surface area contributed by atoms with Crippen molar-refractivity contribution in [2.75, 3.05) is 6.54 Å². The largest absolute Gasteiger partial charge is 0.340 e. The zero-order valence-corrected chi connectivity index (χ0v) is 13.0. The molecule has 0 spiro atoms. The number of rotatable bonds is 2. The first kappa shape index (κ1) is 13.3. The van der Waals surface area contributed by atoms with E-state index in [-0.39, 0.29) is 24.4 Å². The lowest BCUT2D eigenvalue weighted by atomic mass is 9.87. The number of amides is 2. The van der Waals surface area contributed by atoms with Crippen LogP contribution in [0.15, 0.2) is 11.4 Å². The van der Waals surface area contributed by atoms with Gasteiger partial charge in [0.25, 0.3) is 0 Å². The molecule has 1 N–H and O–H groups in total. The number of thiophene rings is 1. The van der Waals surface area contributed by atoms with Crippen LogP contribution in [0.1, 0.15) is 49.1 Å². The second-order valence-electron chi connectivity index (χ2n) is 6.66. The fourth-order valence-corrected chi connectivity index (χ4v) is 4.86. The minimum atomic E-state index is -0.678. The standard InChI is InChI=1S/C16H20N2O2S/c1-16(10-5-6-10)15(20)18(9-14(19)17-16)12-3-2-4-13-11(12)7-8-21-13/h7-8,10,12H,2-6,9H2,1H3,(H,17,19).